The van der Waals surface area contributed by atoms with Crippen molar-refractivity contribution in [2.45, 2.75) is 6.42 Å². The number of nitrogens with zero attached hydrogens (tertiary/aromatic N) is 2. The predicted molar refractivity (Wildman–Crippen MR) is 89.0 cm³/mol. The maximum atomic E-state index is 12.4. The van der Waals surface area contributed by atoms with Crippen molar-refractivity contribution in [3.8, 4) is 0 Å². The fourth-order valence-electron chi connectivity index (χ4n) is 2.52. The van der Waals surface area contributed by atoms with Gasteiger partial charge in [-0.2, -0.15) is 0 Å². The van der Waals surface area contributed by atoms with Crippen LogP contribution in [0.15, 0.2) is 24.3 Å². The van der Waals surface area contributed by atoms with Crippen LogP contribution >= 0.6 is 0 Å². The van der Waals surface area contributed by atoms with Gasteiger partial charge in [-0.1, -0.05) is 6.07 Å². The van der Waals surface area contributed by atoms with E-state index < -0.39 is 0 Å². The molecule has 0 radical (unpaired) electrons. The minimum absolute atomic E-state index is 0.213. The van der Waals surface area contributed by atoms with Gasteiger partial charge in [-0.05, 0) is 24.6 Å². The molecule has 1 aliphatic heterocycles. The molecule has 8 nitrogen and oxygen atoms in total. The van der Waals surface area contributed by atoms with Crippen LogP contribution in [0.5, 0.6) is 0 Å². The van der Waals surface area contributed by atoms with Gasteiger partial charge in [-0.25, -0.2) is 9.59 Å². The van der Waals surface area contributed by atoms with E-state index >= 15 is 0 Å². The molecule has 0 saturated carbocycles. The van der Waals surface area contributed by atoms with Crippen molar-refractivity contribution in [3.63, 3.8) is 0 Å². The average molecular weight is 334 g/mol. The molecule has 1 fully saturated rings. The zero-order chi connectivity index (χ0) is 17.5. The molecule has 2 N–H and O–H groups in total. The third-order valence-corrected chi connectivity index (χ3v) is 3.82. The summed E-state index contributed by atoms with van der Waals surface area (Å²) < 4.78 is 4.71. The minimum Gasteiger partial charge on any atom is -0.453 e. The molecule has 0 bridgehead atoms. The Hall–Kier alpha value is -2.77. The molecule has 0 spiro atoms. The summed E-state index contributed by atoms with van der Waals surface area (Å²) in [6, 6.07) is 6.48. The number of methoxy groups -OCH3 is 1. The molecule has 1 saturated heterocycles. The monoisotopic (exact) mass is 334 g/mol. The van der Waals surface area contributed by atoms with E-state index in [0.29, 0.717) is 43.9 Å². The lowest BCUT2D eigenvalue weighted by molar-refractivity contribution is 0.0963. The molecule has 1 aromatic rings. The van der Waals surface area contributed by atoms with Crippen LogP contribution in [0, 0.1) is 0 Å². The number of hydrogen-bond acceptors (Lipinski definition) is 4. The van der Waals surface area contributed by atoms with Gasteiger partial charge in [0.05, 0.1) is 7.11 Å². The number of anilines is 1. The first-order valence-corrected chi connectivity index (χ1v) is 7.76. The number of benzene rings is 1. The molecule has 8 heteroatoms. The first kappa shape index (κ1) is 17.6. The second kappa shape index (κ2) is 8.19. The fourth-order valence-corrected chi connectivity index (χ4v) is 2.52. The van der Waals surface area contributed by atoms with Crippen molar-refractivity contribution in [2.24, 2.45) is 0 Å². The van der Waals surface area contributed by atoms with Crippen LogP contribution in [0.2, 0.25) is 0 Å². The van der Waals surface area contributed by atoms with Crippen molar-refractivity contribution in [1.82, 2.24) is 15.1 Å². The van der Waals surface area contributed by atoms with Crippen LogP contribution in [0.25, 0.3) is 0 Å². The number of hydrogen-bond donors (Lipinski definition) is 2. The summed E-state index contributed by atoms with van der Waals surface area (Å²) in [6.45, 7) is 1.96. The molecular formula is C16H22N4O4. The van der Waals surface area contributed by atoms with Crippen molar-refractivity contribution in [1.29, 1.82) is 0 Å². The molecule has 0 aromatic heterocycles. The average Bonchev–Trinajstić information content (AvgIpc) is 2.86. The molecule has 2 rings (SSSR count). The molecule has 0 unspecified atom stereocenters. The van der Waals surface area contributed by atoms with Crippen LogP contribution in [0.1, 0.15) is 16.8 Å². The molecule has 1 heterocycles. The van der Waals surface area contributed by atoms with Crippen molar-refractivity contribution in [2.75, 3.05) is 45.7 Å². The lowest BCUT2D eigenvalue weighted by Crippen LogP contribution is -2.39. The zero-order valence-corrected chi connectivity index (χ0v) is 13.9. The number of urea groups is 1. The van der Waals surface area contributed by atoms with E-state index in [-0.39, 0.29) is 18.0 Å². The first-order chi connectivity index (χ1) is 11.5. The second-order valence-electron chi connectivity index (χ2n) is 5.39. The maximum absolute atomic E-state index is 12.4. The highest BCUT2D eigenvalue weighted by Crippen LogP contribution is 2.13. The topological polar surface area (TPSA) is 91.0 Å². The lowest BCUT2D eigenvalue weighted by atomic mass is 10.2. The fraction of sp³-hybridized carbons (Fsp3) is 0.438. The summed E-state index contributed by atoms with van der Waals surface area (Å²) in [5.74, 6) is -0.213. The molecule has 0 atom stereocenters. The predicted octanol–water partition coefficient (Wildman–Crippen LogP) is 1.35. The van der Waals surface area contributed by atoms with Crippen molar-refractivity contribution in [3.05, 3.63) is 29.8 Å². The maximum Gasteiger partial charge on any atom is 0.409 e. The zero-order valence-electron chi connectivity index (χ0n) is 13.9. The Morgan fingerprint density at radius 2 is 1.79 bits per heavy atom. The summed E-state index contributed by atoms with van der Waals surface area (Å²) in [5.41, 5.74) is 1.03. The standard InChI is InChI=1S/C16H22N4O4/c1-17-14(21)12-5-3-6-13(11-12)18-15(22)19-7-4-8-20(10-9-19)16(23)24-2/h3,5-6,11H,4,7-10H2,1-2H3,(H,17,21)(H,18,22). The Morgan fingerprint density at radius 3 is 2.50 bits per heavy atom. The lowest BCUT2D eigenvalue weighted by Gasteiger charge is -2.22. The van der Waals surface area contributed by atoms with Gasteiger partial charge in [0.2, 0.25) is 0 Å². The van der Waals surface area contributed by atoms with E-state index in [1.165, 1.54) is 7.11 Å². The van der Waals surface area contributed by atoms with Gasteiger partial charge in [0, 0.05) is 44.5 Å². The number of rotatable bonds is 2. The van der Waals surface area contributed by atoms with E-state index in [1.807, 2.05) is 0 Å². The van der Waals surface area contributed by atoms with Gasteiger partial charge in [0.15, 0.2) is 0 Å². The van der Waals surface area contributed by atoms with Crippen molar-refractivity contribution < 1.29 is 19.1 Å². The first-order valence-electron chi connectivity index (χ1n) is 7.76. The third-order valence-electron chi connectivity index (χ3n) is 3.82. The van der Waals surface area contributed by atoms with E-state index in [2.05, 4.69) is 10.6 Å². The van der Waals surface area contributed by atoms with Gasteiger partial charge in [0.1, 0.15) is 0 Å². The highest BCUT2D eigenvalue weighted by atomic mass is 16.5. The molecule has 24 heavy (non-hydrogen) atoms. The Morgan fingerprint density at radius 1 is 1.08 bits per heavy atom. The number of carbonyl (C=O) groups is 3. The van der Waals surface area contributed by atoms with Crippen LogP contribution in [0.4, 0.5) is 15.3 Å². The Kier molecular flexibility index (Phi) is 6.00. The van der Waals surface area contributed by atoms with Crippen LogP contribution in [-0.4, -0.2) is 68.2 Å². The molecular weight excluding hydrogens is 312 g/mol. The number of nitrogens with one attached hydrogen (secondary N) is 2. The Balaban J connectivity index is 1.97. The molecule has 1 aliphatic rings. The van der Waals surface area contributed by atoms with Gasteiger partial charge in [-0.15, -0.1) is 0 Å². The third kappa shape index (κ3) is 4.37. The summed E-state index contributed by atoms with van der Waals surface area (Å²) in [4.78, 5) is 38.8. The molecule has 1 aromatic carbocycles. The largest absolute Gasteiger partial charge is 0.453 e. The summed E-state index contributed by atoms with van der Waals surface area (Å²) in [7, 11) is 2.90. The summed E-state index contributed by atoms with van der Waals surface area (Å²) in [6.07, 6.45) is 0.302. The smallest absolute Gasteiger partial charge is 0.409 e. The van der Waals surface area contributed by atoms with E-state index in [0.717, 1.165) is 0 Å². The number of carbonyl (C=O) groups excluding carboxylic acids is 3. The van der Waals surface area contributed by atoms with Crippen molar-refractivity contribution >= 4 is 23.7 Å². The van der Waals surface area contributed by atoms with E-state index in [9.17, 15) is 14.4 Å². The molecule has 4 amide bonds. The van der Waals surface area contributed by atoms with Gasteiger partial charge < -0.3 is 25.2 Å². The number of ether oxygens (including phenoxy) is 1. The van der Waals surface area contributed by atoms with Gasteiger partial charge in [-0.3, -0.25) is 4.79 Å². The van der Waals surface area contributed by atoms with Crippen LogP contribution in [0.3, 0.4) is 0 Å². The van der Waals surface area contributed by atoms with Crippen LogP contribution in [-0.2, 0) is 4.74 Å². The molecule has 130 valence electrons. The number of amides is 4. The normalized spacial score (nSPS) is 14.6. The summed E-state index contributed by atoms with van der Waals surface area (Å²) >= 11 is 0. The van der Waals surface area contributed by atoms with Gasteiger partial charge >= 0.3 is 12.1 Å². The summed E-state index contributed by atoms with van der Waals surface area (Å²) in [5, 5.41) is 5.33. The second-order valence-corrected chi connectivity index (χ2v) is 5.39. The highest BCUT2D eigenvalue weighted by molar-refractivity contribution is 5.96. The van der Waals surface area contributed by atoms with E-state index in [1.54, 1.807) is 41.1 Å². The SMILES string of the molecule is CNC(=O)c1cccc(NC(=O)N2CCCN(C(=O)OC)CC2)c1. The quantitative estimate of drug-likeness (QED) is 0.854. The Bertz CT molecular complexity index is 620. The highest BCUT2D eigenvalue weighted by Gasteiger charge is 2.22. The molecule has 0 aliphatic carbocycles. The van der Waals surface area contributed by atoms with E-state index in [4.69, 9.17) is 4.74 Å². The van der Waals surface area contributed by atoms with Gasteiger partial charge in [0.25, 0.3) is 5.91 Å². The van der Waals surface area contributed by atoms with Crippen LogP contribution < -0.4 is 10.6 Å². The Labute approximate surface area is 140 Å². The minimum atomic E-state index is -0.379.